The number of rotatable bonds is 10. The molecule has 0 aromatic rings. The molecule has 3 nitrogen and oxygen atoms in total. The summed E-state index contributed by atoms with van der Waals surface area (Å²) in [5.74, 6) is 0.879. The Hall–Kier alpha value is -0.120. The van der Waals surface area contributed by atoms with E-state index >= 15 is 0 Å². The highest BCUT2D eigenvalue weighted by Crippen LogP contribution is 2.28. The van der Waals surface area contributed by atoms with Gasteiger partial charge in [0.2, 0.25) is 0 Å². The molecule has 0 aromatic carbocycles. The molecule has 1 fully saturated rings. The minimum absolute atomic E-state index is 0.653. The zero-order valence-electron chi connectivity index (χ0n) is 13.5. The fraction of sp³-hybridized carbons (Fsp3) is 1.00. The lowest BCUT2D eigenvalue weighted by atomic mass is 9.96. The van der Waals surface area contributed by atoms with Crippen LogP contribution in [0.1, 0.15) is 52.4 Å². The molecule has 1 rings (SSSR count). The standard InChI is InChI=1S/C16H34N2O/c1-5-15(6-2)18(11-12-19-4)13-16(17-3)14-9-7-8-10-14/h14-17H,5-13H2,1-4H3. The highest BCUT2D eigenvalue weighted by molar-refractivity contribution is 4.84. The average Bonchev–Trinajstić information content (AvgIpc) is 2.96. The van der Waals surface area contributed by atoms with Crippen LogP contribution in [-0.2, 0) is 4.74 Å². The summed E-state index contributed by atoms with van der Waals surface area (Å²) < 4.78 is 5.29. The molecule has 1 aliphatic carbocycles. The van der Waals surface area contributed by atoms with Crippen molar-refractivity contribution < 1.29 is 4.74 Å². The first-order chi connectivity index (χ1) is 9.26. The van der Waals surface area contributed by atoms with Crippen molar-refractivity contribution in [3.8, 4) is 0 Å². The first-order valence-electron chi connectivity index (χ1n) is 8.17. The van der Waals surface area contributed by atoms with Crippen LogP contribution in [0.4, 0.5) is 0 Å². The predicted octanol–water partition coefficient (Wildman–Crippen LogP) is 2.90. The molecular weight excluding hydrogens is 236 g/mol. The van der Waals surface area contributed by atoms with E-state index < -0.39 is 0 Å². The first-order valence-corrected chi connectivity index (χ1v) is 8.17. The maximum absolute atomic E-state index is 5.29. The number of methoxy groups -OCH3 is 1. The van der Waals surface area contributed by atoms with Crippen LogP contribution in [-0.4, -0.2) is 50.8 Å². The van der Waals surface area contributed by atoms with E-state index in [1.165, 1.54) is 45.1 Å². The minimum atomic E-state index is 0.653. The van der Waals surface area contributed by atoms with Crippen LogP contribution in [0.25, 0.3) is 0 Å². The van der Waals surface area contributed by atoms with Crippen molar-refractivity contribution >= 4 is 0 Å². The van der Waals surface area contributed by atoms with Crippen LogP contribution in [0.2, 0.25) is 0 Å². The number of ether oxygens (including phenoxy) is 1. The monoisotopic (exact) mass is 270 g/mol. The summed E-state index contributed by atoms with van der Waals surface area (Å²) in [4.78, 5) is 2.64. The lowest BCUT2D eigenvalue weighted by Crippen LogP contribution is -2.48. The lowest BCUT2D eigenvalue weighted by Gasteiger charge is -2.35. The minimum Gasteiger partial charge on any atom is -0.383 e. The van der Waals surface area contributed by atoms with Crippen LogP contribution in [0.3, 0.4) is 0 Å². The molecule has 0 saturated heterocycles. The van der Waals surface area contributed by atoms with Crippen molar-refractivity contribution in [2.24, 2.45) is 5.92 Å². The second kappa shape index (κ2) is 9.73. The predicted molar refractivity (Wildman–Crippen MR) is 82.6 cm³/mol. The summed E-state index contributed by atoms with van der Waals surface area (Å²) in [6.45, 7) is 7.69. The molecule has 0 bridgehead atoms. The van der Waals surface area contributed by atoms with Gasteiger partial charge in [0.25, 0.3) is 0 Å². The van der Waals surface area contributed by atoms with Crippen LogP contribution < -0.4 is 5.32 Å². The Bertz CT molecular complexity index is 213. The average molecular weight is 270 g/mol. The van der Waals surface area contributed by atoms with Gasteiger partial charge >= 0.3 is 0 Å². The van der Waals surface area contributed by atoms with Crippen molar-refractivity contribution in [3.63, 3.8) is 0 Å². The van der Waals surface area contributed by atoms with E-state index in [1.807, 2.05) is 0 Å². The molecule has 1 atom stereocenters. The highest BCUT2D eigenvalue weighted by Gasteiger charge is 2.27. The van der Waals surface area contributed by atoms with Crippen molar-refractivity contribution in [1.29, 1.82) is 0 Å². The highest BCUT2D eigenvalue weighted by atomic mass is 16.5. The molecule has 0 spiro atoms. The Morgan fingerprint density at radius 3 is 2.32 bits per heavy atom. The van der Waals surface area contributed by atoms with Gasteiger partial charge in [0, 0.05) is 32.3 Å². The van der Waals surface area contributed by atoms with E-state index in [0.717, 1.165) is 19.1 Å². The first kappa shape index (κ1) is 16.9. The maximum atomic E-state index is 5.29. The normalized spacial score (nSPS) is 18.6. The van der Waals surface area contributed by atoms with Gasteiger partial charge < -0.3 is 10.1 Å². The summed E-state index contributed by atoms with van der Waals surface area (Å²) in [7, 11) is 3.93. The van der Waals surface area contributed by atoms with E-state index in [1.54, 1.807) is 7.11 Å². The SMILES string of the molecule is CCC(CC)N(CCOC)CC(NC)C1CCCC1. The van der Waals surface area contributed by atoms with Crippen molar-refractivity contribution in [3.05, 3.63) is 0 Å². The zero-order chi connectivity index (χ0) is 14.1. The summed E-state index contributed by atoms with van der Waals surface area (Å²) >= 11 is 0. The Morgan fingerprint density at radius 2 is 1.84 bits per heavy atom. The quantitative estimate of drug-likeness (QED) is 0.660. The van der Waals surface area contributed by atoms with Gasteiger partial charge in [-0.05, 0) is 38.6 Å². The number of likely N-dealkylation sites (N-methyl/N-ethyl adjacent to an activating group) is 1. The molecule has 3 heteroatoms. The molecule has 1 saturated carbocycles. The van der Waals surface area contributed by atoms with Gasteiger partial charge in [-0.25, -0.2) is 0 Å². The summed E-state index contributed by atoms with van der Waals surface area (Å²) in [5, 5.41) is 3.57. The Balaban J connectivity index is 2.56. The Kier molecular flexibility index (Phi) is 8.67. The van der Waals surface area contributed by atoms with Crippen molar-refractivity contribution in [2.75, 3.05) is 33.9 Å². The van der Waals surface area contributed by atoms with Gasteiger partial charge in [0.1, 0.15) is 0 Å². The number of nitrogens with one attached hydrogen (secondary N) is 1. The molecule has 0 aromatic heterocycles. The van der Waals surface area contributed by atoms with Gasteiger partial charge in [-0.1, -0.05) is 26.7 Å². The van der Waals surface area contributed by atoms with Crippen LogP contribution in [0.5, 0.6) is 0 Å². The van der Waals surface area contributed by atoms with Crippen LogP contribution >= 0.6 is 0 Å². The molecule has 0 radical (unpaired) electrons. The molecule has 0 heterocycles. The van der Waals surface area contributed by atoms with Gasteiger partial charge in [0.05, 0.1) is 6.61 Å². The topological polar surface area (TPSA) is 24.5 Å². The van der Waals surface area contributed by atoms with Crippen LogP contribution in [0.15, 0.2) is 0 Å². The van der Waals surface area contributed by atoms with E-state index in [2.05, 4.69) is 31.1 Å². The molecule has 1 aliphatic rings. The Labute approximate surface area is 120 Å². The second-order valence-corrected chi connectivity index (χ2v) is 5.90. The summed E-state index contributed by atoms with van der Waals surface area (Å²) in [6.07, 6.45) is 8.14. The second-order valence-electron chi connectivity index (χ2n) is 5.90. The third-order valence-electron chi connectivity index (χ3n) is 4.81. The molecular formula is C16H34N2O. The van der Waals surface area contributed by atoms with E-state index in [-0.39, 0.29) is 0 Å². The van der Waals surface area contributed by atoms with E-state index in [9.17, 15) is 0 Å². The Morgan fingerprint density at radius 1 is 1.21 bits per heavy atom. The summed E-state index contributed by atoms with van der Waals surface area (Å²) in [5.41, 5.74) is 0. The van der Waals surface area contributed by atoms with E-state index in [4.69, 9.17) is 4.74 Å². The number of nitrogens with zero attached hydrogens (tertiary/aromatic N) is 1. The molecule has 0 aliphatic heterocycles. The fourth-order valence-corrected chi connectivity index (χ4v) is 3.53. The van der Waals surface area contributed by atoms with Crippen molar-refractivity contribution in [2.45, 2.75) is 64.5 Å². The van der Waals surface area contributed by atoms with Gasteiger partial charge in [-0.2, -0.15) is 0 Å². The molecule has 114 valence electrons. The molecule has 1 unspecified atom stereocenters. The fourth-order valence-electron chi connectivity index (χ4n) is 3.53. The lowest BCUT2D eigenvalue weighted by molar-refractivity contribution is 0.0995. The summed E-state index contributed by atoms with van der Waals surface area (Å²) in [6, 6.07) is 1.35. The third-order valence-corrected chi connectivity index (χ3v) is 4.81. The molecule has 1 N–H and O–H groups in total. The largest absolute Gasteiger partial charge is 0.383 e. The number of hydrogen-bond donors (Lipinski definition) is 1. The van der Waals surface area contributed by atoms with Gasteiger partial charge in [-0.15, -0.1) is 0 Å². The van der Waals surface area contributed by atoms with E-state index in [0.29, 0.717) is 12.1 Å². The van der Waals surface area contributed by atoms with Gasteiger partial charge in [-0.3, -0.25) is 4.90 Å². The smallest absolute Gasteiger partial charge is 0.0589 e. The third kappa shape index (κ3) is 5.41. The zero-order valence-corrected chi connectivity index (χ0v) is 13.5. The number of hydrogen-bond acceptors (Lipinski definition) is 3. The van der Waals surface area contributed by atoms with Gasteiger partial charge in [0.15, 0.2) is 0 Å². The van der Waals surface area contributed by atoms with Crippen molar-refractivity contribution in [1.82, 2.24) is 10.2 Å². The molecule has 0 amide bonds. The van der Waals surface area contributed by atoms with Crippen LogP contribution in [0, 0.1) is 5.92 Å². The molecule has 19 heavy (non-hydrogen) atoms. The maximum Gasteiger partial charge on any atom is 0.0589 e.